The Balaban J connectivity index is 1.61. The van der Waals surface area contributed by atoms with Crippen LogP contribution in [0.3, 0.4) is 0 Å². The molecule has 0 atom stereocenters. The Bertz CT molecular complexity index is 675. The average Bonchev–Trinajstić information content (AvgIpc) is 2.59. The van der Waals surface area contributed by atoms with Crippen LogP contribution in [0.1, 0.15) is 5.56 Å². The maximum Gasteiger partial charge on any atom is 0.257 e. The zero-order valence-electron chi connectivity index (χ0n) is 12.9. The van der Waals surface area contributed by atoms with E-state index in [0.29, 0.717) is 15.9 Å². The Morgan fingerprint density at radius 1 is 1.04 bits per heavy atom. The van der Waals surface area contributed by atoms with Crippen LogP contribution in [0.5, 0.6) is 5.88 Å². The molecule has 1 aliphatic heterocycles. The molecule has 3 rings (SSSR count). The molecule has 1 aromatic carbocycles. The van der Waals surface area contributed by atoms with Gasteiger partial charge in [0.15, 0.2) is 5.82 Å². The summed E-state index contributed by atoms with van der Waals surface area (Å²) in [5.41, 5.74) is 1.17. The molecule has 2 aromatic rings. The summed E-state index contributed by atoms with van der Waals surface area (Å²) in [5, 5.41) is 1.20. The van der Waals surface area contributed by atoms with E-state index in [1.165, 1.54) is 5.56 Å². The lowest BCUT2D eigenvalue weighted by atomic mass is 10.2. The standard InChI is InChI=1S/C16H18Cl2N4O/c1-23-16-15(19-4-5-20-16)22-8-6-21(7-9-22)11-12-2-3-13(17)14(18)10-12/h2-5,10H,6-9,11H2,1H3. The molecule has 5 nitrogen and oxygen atoms in total. The molecule has 1 saturated heterocycles. The molecule has 0 spiro atoms. The first-order valence-corrected chi connectivity index (χ1v) is 8.19. The van der Waals surface area contributed by atoms with Crippen molar-refractivity contribution in [3.63, 3.8) is 0 Å². The maximum atomic E-state index is 6.08. The minimum Gasteiger partial charge on any atom is -0.478 e. The molecule has 1 aliphatic rings. The number of piperazine rings is 1. The third kappa shape index (κ3) is 3.86. The molecule has 0 aliphatic carbocycles. The van der Waals surface area contributed by atoms with Crippen LogP contribution in [0.4, 0.5) is 5.82 Å². The lowest BCUT2D eigenvalue weighted by Gasteiger charge is -2.35. The number of methoxy groups -OCH3 is 1. The van der Waals surface area contributed by atoms with Gasteiger partial charge in [-0.3, -0.25) is 4.90 Å². The molecular weight excluding hydrogens is 335 g/mol. The number of hydrogen-bond acceptors (Lipinski definition) is 5. The third-order valence-corrected chi connectivity index (χ3v) is 4.64. The van der Waals surface area contributed by atoms with Crippen LogP contribution in [-0.2, 0) is 6.54 Å². The van der Waals surface area contributed by atoms with E-state index >= 15 is 0 Å². The summed E-state index contributed by atoms with van der Waals surface area (Å²) in [5.74, 6) is 1.38. The van der Waals surface area contributed by atoms with E-state index in [1.807, 2.05) is 18.2 Å². The number of halogens is 2. The van der Waals surface area contributed by atoms with Crippen molar-refractivity contribution in [2.24, 2.45) is 0 Å². The Kier molecular flexibility index (Phi) is 5.20. The van der Waals surface area contributed by atoms with Gasteiger partial charge in [0.1, 0.15) is 0 Å². The molecule has 0 unspecified atom stereocenters. The van der Waals surface area contributed by atoms with Gasteiger partial charge in [-0.2, -0.15) is 0 Å². The highest BCUT2D eigenvalue weighted by atomic mass is 35.5. The smallest absolute Gasteiger partial charge is 0.257 e. The summed E-state index contributed by atoms with van der Waals surface area (Å²) in [6.07, 6.45) is 3.34. The second-order valence-corrected chi connectivity index (χ2v) is 6.22. The van der Waals surface area contributed by atoms with Gasteiger partial charge in [-0.1, -0.05) is 29.3 Å². The monoisotopic (exact) mass is 352 g/mol. The summed E-state index contributed by atoms with van der Waals surface area (Å²) in [6, 6.07) is 5.80. The van der Waals surface area contributed by atoms with E-state index in [0.717, 1.165) is 38.5 Å². The highest BCUT2D eigenvalue weighted by Crippen LogP contribution is 2.25. The minimum atomic E-state index is 0.574. The number of aromatic nitrogens is 2. The molecule has 23 heavy (non-hydrogen) atoms. The van der Waals surface area contributed by atoms with Crippen molar-refractivity contribution >= 4 is 29.0 Å². The second-order valence-electron chi connectivity index (χ2n) is 5.40. The van der Waals surface area contributed by atoms with Crippen molar-refractivity contribution in [1.82, 2.24) is 14.9 Å². The third-order valence-electron chi connectivity index (χ3n) is 3.90. The van der Waals surface area contributed by atoms with Crippen LogP contribution in [0.25, 0.3) is 0 Å². The Labute approximate surface area is 145 Å². The van der Waals surface area contributed by atoms with Gasteiger partial charge < -0.3 is 9.64 Å². The second kappa shape index (κ2) is 7.34. The van der Waals surface area contributed by atoms with Gasteiger partial charge in [0.2, 0.25) is 0 Å². The molecule has 2 heterocycles. The van der Waals surface area contributed by atoms with Crippen LogP contribution in [0, 0.1) is 0 Å². The molecule has 0 N–H and O–H groups in total. The highest BCUT2D eigenvalue weighted by Gasteiger charge is 2.21. The van der Waals surface area contributed by atoms with Crippen molar-refractivity contribution in [1.29, 1.82) is 0 Å². The maximum absolute atomic E-state index is 6.08. The average molecular weight is 353 g/mol. The van der Waals surface area contributed by atoms with E-state index in [4.69, 9.17) is 27.9 Å². The topological polar surface area (TPSA) is 41.5 Å². The molecule has 0 radical (unpaired) electrons. The number of rotatable bonds is 4. The first-order chi connectivity index (χ1) is 11.2. The summed E-state index contributed by atoms with van der Waals surface area (Å²) >= 11 is 12.0. The SMILES string of the molecule is COc1nccnc1N1CCN(Cc2ccc(Cl)c(Cl)c2)CC1. The molecule has 7 heteroatoms. The van der Waals surface area contributed by atoms with Crippen molar-refractivity contribution in [2.45, 2.75) is 6.54 Å². The lowest BCUT2D eigenvalue weighted by molar-refractivity contribution is 0.248. The first-order valence-electron chi connectivity index (χ1n) is 7.43. The predicted octanol–water partition coefficient (Wildman–Crippen LogP) is 3.11. The van der Waals surface area contributed by atoms with Crippen molar-refractivity contribution < 1.29 is 4.74 Å². The van der Waals surface area contributed by atoms with E-state index in [9.17, 15) is 0 Å². The fourth-order valence-electron chi connectivity index (χ4n) is 2.69. The van der Waals surface area contributed by atoms with Crippen LogP contribution in [-0.4, -0.2) is 48.2 Å². The van der Waals surface area contributed by atoms with Crippen LogP contribution >= 0.6 is 23.2 Å². The fraction of sp³-hybridized carbons (Fsp3) is 0.375. The quantitative estimate of drug-likeness (QED) is 0.845. The summed E-state index contributed by atoms with van der Waals surface area (Å²) in [6.45, 7) is 4.52. The van der Waals surface area contributed by atoms with Crippen molar-refractivity contribution in [3.8, 4) is 5.88 Å². The lowest BCUT2D eigenvalue weighted by Crippen LogP contribution is -2.46. The number of nitrogens with zero attached hydrogens (tertiary/aromatic N) is 4. The summed E-state index contributed by atoms with van der Waals surface area (Å²) < 4.78 is 5.29. The number of benzene rings is 1. The zero-order chi connectivity index (χ0) is 16.2. The van der Waals surface area contributed by atoms with E-state index < -0.39 is 0 Å². The Morgan fingerprint density at radius 2 is 1.78 bits per heavy atom. The van der Waals surface area contributed by atoms with Crippen LogP contribution < -0.4 is 9.64 Å². The Hall–Kier alpha value is -1.56. The van der Waals surface area contributed by atoms with Crippen molar-refractivity contribution in [2.75, 3.05) is 38.2 Å². The van der Waals surface area contributed by atoms with Gasteiger partial charge in [-0.25, -0.2) is 9.97 Å². The van der Waals surface area contributed by atoms with Gasteiger partial charge in [-0.15, -0.1) is 0 Å². The molecule has 0 bridgehead atoms. The van der Waals surface area contributed by atoms with E-state index in [2.05, 4.69) is 19.8 Å². The molecule has 0 amide bonds. The molecular formula is C16H18Cl2N4O. The molecule has 0 saturated carbocycles. The fourth-order valence-corrected chi connectivity index (χ4v) is 3.01. The van der Waals surface area contributed by atoms with Gasteiger partial charge >= 0.3 is 0 Å². The largest absolute Gasteiger partial charge is 0.478 e. The normalized spacial score (nSPS) is 15.7. The number of anilines is 1. The van der Waals surface area contributed by atoms with Crippen LogP contribution in [0.2, 0.25) is 10.0 Å². The van der Waals surface area contributed by atoms with E-state index in [-0.39, 0.29) is 0 Å². The van der Waals surface area contributed by atoms with Gasteiger partial charge in [-0.05, 0) is 17.7 Å². The molecule has 1 aromatic heterocycles. The number of ether oxygens (including phenoxy) is 1. The minimum absolute atomic E-state index is 0.574. The van der Waals surface area contributed by atoms with Gasteiger partial charge in [0.25, 0.3) is 5.88 Å². The Morgan fingerprint density at radius 3 is 2.48 bits per heavy atom. The summed E-state index contributed by atoms with van der Waals surface area (Å²) in [4.78, 5) is 13.2. The zero-order valence-corrected chi connectivity index (χ0v) is 14.4. The van der Waals surface area contributed by atoms with Gasteiger partial charge in [0, 0.05) is 45.1 Å². The molecule has 1 fully saturated rings. The molecule has 122 valence electrons. The number of hydrogen-bond donors (Lipinski definition) is 0. The van der Waals surface area contributed by atoms with Crippen molar-refractivity contribution in [3.05, 3.63) is 46.2 Å². The van der Waals surface area contributed by atoms with Crippen LogP contribution in [0.15, 0.2) is 30.6 Å². The predicted molar refractivity (Wildman–Crippen MR) is 92.5 cm³/mol. The summed E-state index contributed by atoms with van der Waals surface area (Å²) in [7, 11) is 1.62. The highest BCUT2D eigenvalue weighted by molar-refractivity contribution is 6.42. The first kappa shape index (κ1) is 16.3. The van der Waals surface area contributed by atoms with Gasteiger partial charge in [0.05, 0.1) is 17.2 Å². The van der Waals surface area contributed by atoms with E-state index in [1.54, 1.807) is 19.5 Å².